The Kier molecular flexibility index (Phi) is 5.84. The van der Waals surface area contributed by atoms with Gasteiger partial charge in [-0.2, -0.15) is 0 Å². The van der Waals surface area contributed by atoms with Crippen LogP contribution in [0.3, 0.4) is 0 Å². The number of hydrogen-bond donors (Lipinski definition) is 2. The van der Waals surface area contributed by atoms with Crippen LogP contribution in [0.25, 0.3) is 0 Å². The first-order valence-corrected chi connectivity index (χ1v) is 6.08. The highest BCUT2D eigenvalue weighted by Crippen LogP contribution is 2.16. The number of carbonyl (C=O) groups is 3. The van der Waals surface area contributed by atoms with E-state index >= 15 is 0 Å². The van der Waals surface area contributed by atoms with E-state index in [-0.39, 0.29) is 18.6 Å². The van der Waals surface area contributed by atoms with Gasteiger partial charge in [0.15, 0.2) is 0 Å². The van der Waals surface area contributed by atoms with Crippen molar-refractivity contribution in [2.75, 3.05) is 26.2 Å². The van der Waals surface area contributed by atoms with Gasteiger partial charge in [0.25, 0.3) is 0 Å². The van der Waals surface area contributed by atoms with Crippen LogP contribution in [0.15, 0.2) is 12.7 Å². The van der Waals surface area contributed by atoms with Gasteiger partial charge in [0.05, 0.1) is 0 Å². The largest absolute Gasteiger partial charge is 0.474 e. The lowest BCUT2D eigenvalue weighted by Crippen LogP contribution is -2.42. The summed E-state index contributed by atoms with van der Waals surface area (Å²) in [7, 11) is 0. The van der Waals surface area contributed by atoms with Crippen molar-refractivity contribution in [2.24, 2.45) is 5.92 Å². The van der Waals surface area contributed by atoms with Gasteiger partial charge in [0, 0.05) is 19.6 Å². The Bertz CT molecular complexity index is 361. The molecule has 0 aromatic carbocycles. The number of nitrogens with one attached hydrogen (secondary N) is 1. The zero-order valence-electron chi connectivity index (χ0n) is 10.6. The fourth-order valence-electron chi connectivity index (χ4n) is 1.85. The highest BCUT2D eigenvalue weighted by atomic mass is 16.6. The van der Waals surface area contributed by atoms with Gasteiger partial charge in [0.2, 0.25) is 0 Å². The highest BCUT2D eigenvalue weighted by molar-refractivity contribution is 6.31. The number of piperidine rings is 1. The Balaban J connectivity index is 2.25. The zero-order chi connectivity index (χ0) is 14.3. The molecule has 0 spiro atoms. The molecule has 0 radical (unpaired) electrons. The average molecular weight is 270 g/mol. The molecule has 1 aliphatic heterocycles. The number of carbonyl (C=O) groups excluding carboxylic acids is 2. The first-order valence-electron chi connectivity index (χ1n) is 6.08. The first kappa shape index (κ1) is 15.0. The molecule has 0 atom stereocenters. The van der Waals surface area contributed by atoms with E-state index in [1.807, 2.05) is 0 Å². The molecular formula is C12H18N2O5. The third-order valence-electron chi connectivity index (χ3n) is 2.94. The lowest BCUT2D eigenvalue weighted by atomic mass is 9.97. The minimum Gasteiger partial charge on any atom is -0.474 e. The number of carboxylic acid groups (broad SMARTS) is 1. The molecule has 0 saturated carbocycles. The Labute approximate surface area is 111 Å². The third kappa shape index (κ3) is 4.99. The molecular weight excluding hydrogens is 252 g/mol. The number of amides is 2. The second-order valence-electron chi connectivity index (χ2n) is 4.31. The molecule has 7 heteroatoms. The van der Waals surface area contributed by atoms with E-state index in [4.69, 9.17) is 9.84 Å². The minimum atomic E-state index is -1.48. The van der Waals surface area contributed by atoms with Crippen LogP contribution < -0.4 is 5.32 Å². The smallest absolute Gasteiger partial charge is 0.410 e. The first-order chi connectivity index (χ1) is 9.04. The summed E-state index contributed by atoms with van der Waals surface area (Å²) in [6.07, 6.45) is 2.56. The van der Waals surface area contributed by atoms with Crippen LogP contribution in [0.2, 0.25) is 0 Å². The maximum absolute atomic E-state index is 11.5. The van der Waals surface area contributed by atoms with Crippen molar-refractivity contribution in [1.82, 2.24) is 10.2 Å². The maximum Gasteiger partial charge on any atom is 0.410 e. The normalized spacial score (nSPS) is 15.7. The number of hydrogen-bond acceptors (Lipinski definition) is 4. The number of ether oxygens (including phenoxy) is 1. The lowest BCUT2D eigenvalue weighted by molar-refractivity contribution is -0.150. The van der Waals surface area contributed by atoms with Gasteiger partial charge >= 0.3 is 18.0 Å². The molecule has 106 valence electrons. The van der Waals surface area contributed by atoms with Gasteiger partial charge in [-0.15, -0.1) is 0 Å². The van der Waals surface area contributed by atoms with Crippen molar-refractivity contribution in [3.05, 3.63) is 12.7 Å². The van der Waals surface area contributed by atoms with Crippen LogP contribution in [0.5, 0.6) is 0 Å². The molecule has 0 aliphatic carbocycles. The van der Waals surface area contributed by atoms with Crippen LogP contribution in [0, 0.1) is 5.92 Å². The van der Waals surface area contributed by atoms with Gasteiger partial charge in [-0.25, -0.2) is 9.59 Å². The van der Waals surface area contributed by atoms with Crippen molar-refractivity contribution < 1.29 is 24.2 Å². The number of rotatable bonds is 4. The number of nitrogens with zero attached hydrogens (tertiary/aromatic N) is 1. The fraction of sp³-hybridized carbons (Fsp3) is 0.583. The van der Waals surface area contributed by atoms with Crippen LogP contribution >= 0.6 is 0 Å². The third-order valence-corrected chi connectivity index (χ3v) is 2.94. The molecule has 1 rings (SSSR count). The van der Waals surface area contributed by atoms with Gasteiger partial charge in [-0.3, -0.25) is 4.79 Å². The molecule has 1 heterocycles. The van der Waals surface area contributed by atoms with Gasteiger partial charge in [0.1, 0.15) is 6.61 Å². The number of carboxylic acids is 1. The highest BCUT2D eigenvalue weighted by Gasteiger charge is 2.24. The van der Waals surface area contributed by atoms with Gasteiger partial charge in [-0.1, -0.05) is 12.7 Å². The summed E-state index contributed by atoms with van der Waals surface area (Å²) < 4.78 is 4.92. The molecule has 1 fully saturated rings. The van der Waals surface area contributed by atoms with E-state index in [1.165, 1.54) is 6.08 Å². The van der Waals surface area contributed by atoms with E-state index < -0.39 is 11.9 Å². The molecule has 2 N–H and O–H groups in total. The van der Waals surface area contributed by atoms with E-state index in [0.29, 0.717) is 32.5 Å². The fourth-order valence-corrected chi connectivity index (χ4v) is 1.85. The second-order valence-corrected chi connectivity index (χ2v) is 4.31. The standard InChI is InChI=1S/C12H18N2O5/c1-2-7-19-12(18)14-5-3-9(4-6-14)8-13-10(15)11(16)17/h2,9H,1,3-8H2,(H,13,15)(H,16,17). The molecule has 7 nitrogen and oxygen atoms in total. The van der Waals surface area contributed by atoms with E-state index in [9.17, 15) is 14.4 Å². The second kappa shape index (κ2) is 7.40. The van der Waals surface area contributed by atoms with Gasteiger partial charge in [-0.05, 0) is 18.8 Å². The summed E-state index contributed by atoms with van der Waals surface area (Å²) in [4.78, 5) is 34.3. The van der Waals surface area contributed by atoms with Gasteiger partial charge < -0.3 is 20.1 Å². The molecule has 1 aliphatic rings. The molecule has 0 aromatic heterocycles. The molecule has 19 heavy (non-hydrogen) atoms. The molecule has 0 aromatic rings. The van der Waals surface area contributed by atoms with E-state index in [1.54, 1.807) is 4.90 Å². The molecule has 1 saturated heterocycles. The predicted molar refractivity (Wildman–Crippen MR) is 66.5 cm³/mol. The summed E-state index contributed by atoms with van der Waals surface area (Å²) in [6, 6.07) is 0. The number of aliphatic carboxylic acids is 1. The maximum atomic E-state index is 11.5. The van der Waals surface area contributed by atoms with Crippen molar-refractivity contribution >= 4 is 18.0 Å². The zero-order valence-corrected chi connectivity index (χ0v) is 10.6. The van der Waals surface area contributed by atoms with Crippen molar-refractivity contribution in [3.63, 3.8) is 0 Å². The Morgan fingerprint density at radius 1 is 1.37 bits per heavy atom. The Morgan fingerprint density at radius 2 is 2.00 bits per heavy atom. The SMILES string of the molecule is C=CCOC(=O)N1CCC(CNC(=O)C(=O)O)CC1. The van der Waals surface area contributed by atoms with Crippen LogP contribution in [0.4, 0.5) is 4.79 Å². The lowest BCUT2D eigenvalue weighted by Gasteiger charge is -2.31. The predicted octanol–water partition coefficient (Wildman–Crippen LogP) is 0.222. The quantitative estimate of drug-likeness (QED) is 0.563. The minimum absolute atomic E-state index is 0.187. The topological polar surface area (TPSA) is 95.9 Å². The van der Waals surface area contributed by atoms with E-state index in [0.717, 1.165) is 0 Å². The van der Waals surface area contributed by atoms with E-state index in [2.05, 4.69) is 11.9 Å². The van der Waals surface area contributed by atoms with Crippen molar-refractivity contribution in [2.45, 2.75) is 12.8 Å². The number of likely N-dealkylation sites (tertiary alicyclic amines) is 1. The summed E-state index contributed by atoms with van der Waals surface area (Å²) in [5.74, 6) is -2.29. The molecule has 0 unspecified atom stereocenters. The average Bonchev–Trinajstić information content (AvgIpc) is 2.42. The molecule has 0 bridgehead atoms. The summed E-state index contributed by atoms with van der Waals surface area (Å²) >= 11 is 0. The summed E-state index contributed by atoms with van der Waals surface area (Å²) in [6.45, 7) is 5.06. The summed E-state index contributed by atoms with van der Waals surface area (Å²) in [5, 5.41) is 10.8. The van der Waals surface area contributed by atoms with Crippen LogP contribution in [0.1, 0.15) is 12.8 Å². The van der Waals surface area contributed by atoms with Crippen LogP contribution in [-0.2, 0) is 14.3 Å². The Morgan fingerprint density at radius 3 is 2.53 bits per heavy atom. The van der Waals surface area contributed by atoms with Crippen molar-refractivity contribution in [3.8, 4) is 0 Å². The summed E-state index contributed by atoms with van der Waals surface area (Å²) in [5.41, 5.74) is 0. The monoisotopic (exact) mass is 270 g/mol. The molecule has 2 amide bonds. The Hall–Kier alpha value is -2.05. The van der Waals surface area contributed by atoms with Crippen LogP contribution in [-0.4, -0.2) is 54.2 Å². The van der Waals surface area contributed by atoms with Crippen molar-refractivity contribution in [1.29, 1.82) is 0 Å².